The van der Waals surface area contributed by atoms with Crippen LogP contribution in [0.1, 0.15) is 12.8 Å². The highest BCUT2D eigenvalue weighted by Gasteiger charge is 2.21. The highest BCUT2D eigenvalue weighted by molar-refractivity contribution is 5.97. The number of H-pyrrole nitrogens is 1. The van der Waals surface area contributed by atoms with E-state index in [1.54, 1.807) is 18.6 Å². The van der Waals surface area contributed by atoms with Crippen molar-refractivity contribution in [3.8, 4) is 16.9 Å². The van der Waals surface area contributed by atoms with Crippen LogP contribution in [0.5, 0.6) is 5.75 Å². The van der Waals surface area contributed by atoms with Crippen LogP contribution in [0, 0.1) is 5.82 Å². The molecule has 0 atom stereocenters. The zero-order valence-electron chi connectivity index (χ0n) is 14.0. The molecule has 7 heteroatoms. The van der Waals surface area contributed by atoms with E-state index in [0.717, 1.165) is 53.9 Å². The van der Waals surface area contributed by atoms with Gasteiger partial charge in [0.2, 0.25) is 0 Å². The van der Waals surface area contributed by atoms with Gasteiger partial charge in [0, 0.05) is 30.9 Å². The average Bonchev–Trinajstić information content (AvgIpc) is 3.11. The summed E-state index contributed by atoms with van der Waals surface area (Å²) >= 11 is 0. The maximum Gasteiger partial charge on any atom is 0.165 e. The molecule has 1 aromatic carbocycles. The van der Waals surface area contributed by atoms with E-state index in [0.29, 0.717) is 0 Å². The van der Waals surface area contributed by atoms with Crippen molar-refractivity contribution in [2.75, 3.05) is 25.1 Å². The second kappa shape index (κ2) is 6.33. The van der Waals surface area contributed by atoms with E-state index in [1.807, 2.05) is 6.07 Å². The molecule has 0 bridgehead atoms. The standard InChI is InChI=1S/C18H20FN5O/c1-25-15-3-2-11(8-14(15)19)13-9-21-18(17-16(13)22-10-23-17)24-6-4-12(20)5-7-24/h2-3,8-10,12H,4-7,20H2,1H3,(H,22,23). The number of benzene rings is 1. The Morgan fingerprint density at radius 1 is 1.28 bits per heavy atom. The van der Waals surface area contributed by atoms with Crippen molar-refractivity contribution in [1.82, 2.24) is 15.0 Å². The minimum atomic E-state index is -0.401. The van der Waals surface area contributed by atoms with Crippen LogP contribution in [0.4, 0.5) is 10.2 Å². The molecule has 1 aliphatic heterocycles. The predicted octanol–water partition coefficient (Wildman–Crippen LogP) is 2.70. The van der Waals surface area contributed by atoms with Crippen molar-refractivity contribution < 1.29 is 9.13 Å². The third-order valence-electron chi connectivity index (χ3n) is 4.74. The number of rotatable bonds is 3. The first-order chi connectivity index (χ1) is 12.2. The number of fused-ring (bicyclic) bond motifs is 1. The van der Waals surface area contributed by atoms with Gasteiger partial charge in [-0.25, -0.2) is 14.4 Å². The highest BCUT2D eigenvalue weighted by atomic mass is 19.1. The number of aromatic amines is 1. The molecule has 1 saturated heterocycles. The van der Waals surface area contributed by atoms with E-state index >= 15 is 0 Å². The Kier molecular flexibility index (Phi) is 4.01. The number of hydrogen-bond donors (Lipinski definition) is 2. The van der Waals surface area contributed by atoms with Gasteiger partial charge in [0.1, 0.15) is 5.52 Å². The van der Waals surface area contributed by atoms with E-state index in [2.05, 4.69) is 19.9 Å². The Hall–Kier alpha value is -2.67. The van der Waals surface area contributed by atoms with Crippen molar-refractivity contribution >= 4 is 16.9 Å². The Balaban J connectivity index is 1.76. The number of halogens is 1. The van der Waals surface area contributed by atoms with Crippen LogP contribution in [0.3, 0.4) is 0 Å². The molecule has 3 aromatic rings. The van der Waals surface area contributed by atoms with E-state index in [4.69, 9.17) is 10.5 Å². The minimum Gasteiger partial charge on any atom is -0.494 e. The lowest BCUT2D eigenvalue weighted by atomic mass is 10.0. The number of methoxy groups -OCH3 is 1. The molecule has 130 valence electrons. The number of ether oxygens (including phenoxy) is 1. The molecule has 0 radical (unpaired) electrons. The molecule has 1 aliphatic rings. The summed E-state index contributed by atoms with van der Waals surface area (Å²) in [5.41, 5.74) is 9.18. The second-order valence-electron chi connectivity index (χ2n) is 6.30. The van der Waals surface area contributed by atoms with Crippen LogP contribution in [0.15, 0.2) is 30.7 Å². The number of imidazole rings is 1. The predicted molar refractivity (Wildman–Crippen MR) is 95.3 cm³/mol. The maximum absolute atomic E-state index is 14.1. The monoisotopic (exact) mass is 341 g/mol. The van der Waals surface area contributed by atoms with E-state index in [1.165, 1.54) is 13.2 Å². The normalized spacial score (nSPS) is 15.7. The number of aromatic nitrogens is 3. The quantitative estimate of drug-likeness (QED) is 0.766. The Morgan fingerprint density at radius 2 is 2.08 bits per heavy atom. The topological polar surface area (TPSA) is 80.1 Å². The number of pyridine rings is 1. The number of hydrogen-bond acceptors (Lipinski definition) is 5. The van der Waals surface area contributed by atoms with Gasteiger partial charge in [-0.3, -0.25) is 0 Å². The minimum absolute atomic E-state index is 0.221. The van der Waals surface area contributed by atoms with Crippen LogP contribution >= 0.6 is 0 Å². The second-order valence-corrected chi connectivity index (χ2v) is 6.30. The molecule has 6 nitrogen and oxygen atoms in total. The summed E-state index contributed by atoms with van der Waals surface area (Å²) in [5, 5.41) is 0. The molecule has 0 saturated carbocycles. The fourth-order valence-electron chi connectivity index (χ4n) is 3.32. The summed E-state index contributed by atoms with van der Waals surface area (Å²) < 4.78 is 19.1. The Labute approximate surface area is 144 Å². The summed E-state index contributed by atoms with van der Waals surface area (Å²) in [6, 6.07) is 5.15. The fourth-order valence-corrected chi connectivity index (χ4v) is 3.32. The zero-order valence-corrected chi connectivity index (χ0v) is 14.0. The third kappa shape index (κ3) is 2.80. The lowest BCUT2D eigenvalue weighted by molar-refractivity contribution is 0.386. The van der Waals surface area contributed by atoms with Gasteiger partial charge >= 0.3 is 0 Å². The fraction of sp³-hybridized carbons (Fsp3) is 0.333. The molecule has 3 N–H and O–H groups in total. The molecule has 0 amide bonds. The molecule has 4 rings (SSSR count). The summed E-state index contributed by atoms with van der Waals surface area (Å²) in [7, 11) is 1.45. The van der Waals surface area contributed by atoms with Crippen LogP contribution in [-0.4, -0.2) is 41.2 Å². The first-order valence-electron chi connectivity index (χ1n) is 8.34. The van der Waals surface area contributed by atoms with Gasteiger partial charge in [-0.05, 0) is 30.5 Å². The van der Waals surface area contributed by atoms with Gasteiger partial charge in [-0.1, -0.05) is 6.07 Å². The molecule has 2 aromatic heterocycles. The van der Waals surface area contributed by atoms with Crippen LogP contribution in [-0.2, 0) is 0 Å². The summed E-state index contributed by atoms with van der Waals surface area (Å²) in [6.45, 7) is 1.74. The number of piperidine rings is 1. The zero-order chi connectivity index (χ0) is 17.4. The maximum atomic E-state index is 14.1. The molecule has 0 unspecified atom stereocenters. The van der Waals surface area contributed by atoms with Gasteiger partial charge < -0.3 is 20.4 Å². The molecule has 0 spiro atoms. The van der Waals surface area contributed by atoms with E-state index in [9.17, 15) is 4.39 Å². The van der Waals surface area contributed by atoms with Crippen LogP contribution < -0.4 is 15.4 Å². The first kappa shape index (κ1) is 15.8. The number of nitrogens with one attached hydrogen (secondary N) is 1. The number of anilines is 1. The smallest absolute Gasteiger partial charge is 0.165 e. The summed E-state index contributed by atoms with van der Waals surface area (Å²) in [4.78, 5) is 14.5. The van der Waals surface area contributed by atoms with Crippen molar-refractivity contribution in [3.05, 3.63) is 36.5 Å². The van der Waals surface area contributed by atoms with Gasteiger partial charge in [-0.2, -0.15) is 0 Å². The van der Waals surface area contributed by atoms with Crippen molar-refractivity contribution in [1.29, 1.82) is 0 Å². The Morgan fingerprint density at radius 3 is 2.80 bits per heavy atom. The first-order valence-corrected chi connectivity index (χ1v) is 8.34. The largest absolute Gasteiger partial charge is 0.494 e. The molecule has 1 fully saturated rings. The highest BCUT2D eigenvalue weighted by Crippen LogP contribution is 2.33. The molecule has 0 aliphatic carbocycles. The van der Waals surface area contributed by atoms with Crippen LogP contribution in [0.2, 0.25) is 0 Å². The van der Waals surface area contributed by atoms with Crippen molar-refractivity contribution in [2.45, 2.75) is 18.9 Å². The molecule has 3 heterocycles. The Bertz CT molecular complexity index is 902. The van der Waals surface area contributed by atoms with Gasteiger partial charge in [0.25, 0.3) is 0 Å². The lowest BCUT2D eigenvalue weighted by Gasteiger charge is -2.31. The number of nitrogens with zero attached hydrogens (tertiary/aromatic N) is 3. The van der Waals surface area contributed by atoms with Gasteiger partial charge in [0.15, 0.2) is 17.4 Å². The molecular formula is C18H20FN5O. The van der Waals surface area contributed by atoms with Gasteiger partial charge in [-0.15, -0.1) is 0 Å². The van der Waals surface area contributed by atoms with Gasteiger partial charge in [0.05, 0.1) is 19.0 Å². The van der Waals surface area contributed by atoms with Crippen molar-refractivity contribution in [2.24, 2.45) is 5.73 Å². The molecular weight excluding hydrogens is 321 g/mol. The van der Waals surface area contributed by atoms with Crippen LogP contribution in [0.25, 0.3) is 22.2 Å². The lowest BCUT2D eigenvalue weighted by Crippen LogP contribution is -2.40. The summed E-state index contributed by atoms with van der Waals surface area (Å²) in [5.74, 6) is 0.668. The van der Waals surface area contributed by atoms with E-state index < -0.39 is 5.82 Å². The average molecular weight is 341 g/mol. The molecule has 25 heavy (non-hydrogen) atoms. The van der Waals surface area contributed by atoms with E-state index in [-0.39, 0.29) is 11.8 Å². The van der Waals surface area contributed by atoms with Crippen molar-refractivity contribution in [3.63, 3.8) is 0 Å². The third-order valence-corrected chi connectivity index (χ3v) is 4.74. The number of nitrogens with two attached hydrogens (primary N) is 1. The summed E-state index contributed by atoms with van der Waals surface area (Å²) in [6.07, 6.45) is 5.30. The SMILES string of the molecule is COc1ccc(-c2cnc(N3CCC(N)CC3)c3nc[nH]c23)cc1F.